The number of benzene rings is 3. The van der Waals surface area contributed by atoms with E-state index in [1.807, 2.05) is 66.7 Å². The molecule has 0 aliphatic carbocycles. The molecule has 3 aromatic carbocycles. The lowest BCUT2D eigenvalue weighted by atomic mass is 10.2. The summed E-state index contributed by atoms with van der Waals surface area (Å²) in [5.74, 6) is 0.365. The van der Waals surface area contributed by atoms with E-state index in [0.29, 0.717) is 22.1 Å². The van der Waals surface area contributed by atoms with Gasteiger partial charge in [-0.25, -0.2) is 13.4 Å². The standard InChI is InChI=1S/C29H26N4O4S2/c1-32(19-21-8-4-3-5-9-21)39(35,36)25-14-11-22(12-15-25)28(34)33(20-23-10-6-7-17-30-23)29-31-26-18-24(37-2)13-16-27(26)38-29/h3-18H,19-20H2,1-2H3. The van der Waals surface area contributed by atoms with Gasteiger partial charge in [-0.1, -0.05) is 47.7 Å². The Morgan fingerprint density at radius 2 is 1.67 bits per heavy atom. The minimum Gasteiger partial charge on any atom is -0.497 e. The van der Waals surface area contributed by atoms with Crippen molar-refractivity contribution in [1.29, 1.82) is 0 Å². The highest BCUT2D eigenvalue weighted by Crippen LogP contribution is 2.33. The first-order chi connectivity index (χ1) is 18.8. The molecule has 0 aliphatic heterocycles. The highest BCUT2D eigenvalue weighted by atomic mass is 32.2. The summed E-state index contributed by atoms with van der Waals surface area (Å²) in [6.07, 6.45) is 1.67. The number of amides is 1. The van der Waals surface area contributed by atoms with Crippen LogP contribution in [0.4, 0.5) is 5.13 Å². The van der Waals surface area contributed by atoms with Gasteiger partial charge in [-0.2, -0.15) is 4.31 Å². The minimum atomic E-state index is -3.75. The van der Waals surface area contributed by atoms with Gasteiger partial charge in [0.2, 0.25) is 10.0 Å². The maximum Gasteiger partial charge on any atom is 0.260 e. The molecule has 39 heavy (non-hydrogen) atoms. The number of carbonyl (C=O) groups excluding carboxylic acids is 1. The van der Waals surface area contributed by atoms with E-state index in [1.165, 1.54) is 47.0 Å². The molecule has 1 amide bonds. The van der Waals surface area contributed by atoms with E-state index >= 15 is 0 Å². The van der Waals surface area contributed by atoms with Crippen LogP contribution in [0, 0.1) is 0 Å². The number of hydrogen-bond acceptors (Lipinski definition) is 7. The van der Waals surface area contributed by atoms with Gasteiger partial charge in [-0.15, -0.1) is 0 Å². The van der Waals surface area contributed by atoms with Crippen LogP contribution >= 0.6 is 11.3 Å². The summed E-state index contributed by atoms with van der Waals surface area (Å²) in [6.45, 7) is 0.445. The average molecular weight is 559 g/mol. The van der Waals surface area contributed by atoms with Crippen LogP contribution in [0.1, 0.15) is 21.6 Å². The molecule has 0 aliphatic rings. The van der Waals surface area contributed by atoms with Gasteiger partial charge in [-0.05, 0) is 54.1 Å². The second-order valence-electron chi connectivity index (χ2n) is 8.81. The number of thiazole rings is 1. The molecular formula is C29H26N4O4S2. The molecule has 0 atom stereocenters. The summed E-state index contributed by atoms with van der Waals surface area (Å²) in [7, 11) is -0.617. The molecule has 5 aromatic rings. The number of fused-ring (bicyclic) bond motifs is 1. The van der Waals surface area contributed by atoms with Gasteiger partial charge >= 0.3 is 0 Å². The predicted octanol–water partition coefficient (Wildman–Crippen LogP) is 5.37. The third kappa shape index (κ3) is 5.83. The van der Waals surface area contributed by atoms with E-state index in [4.69, 9.17) is 9.72 Å². The number of methoxy groups -OCH3 is 1. The predicted molar refractivity (Wildman–Crippen MR) is 152 cm³/mol. The monoisotopic (exact) mass is 558 g/mol. The summed E-state index contributed by atoms with van der Waals surface area (Å²) < 4.78 is 33.9. The molecule has 2 heterocycles. The van der Waals surface area contributed by atoms with Gasteiger partial charge in [-0.3, -0.25) is 14.7 Å². The summed E-state index contributed by atoms with van der Waals surface area (Å²) in [6, 6.07) is 26.5. The van der Waals surface area contributed by atoms with Crippen molar-refractivity contribution < 1.29 is 17.9 Å². The Morgan fingerprint density at radius 3 is 2.36 bits per heavy atom. The maximum absolute atomic E-state index is 13.8. The molecule has 0 fully saturated rings. The first-order valence-corrected chi connectivity index (χ1v) is 14.4. The molecule has 0 radical (unpaired) electrons. The number of hydrogen-bond donors (Lipinski definition) is 0. The van der Waals surface area contributed by atoms with E-state index in [1.54, 1.807) is 18.2 Å². The smallest absolute Gasteiger partial charge is 0.260 e. The Balaban J connectivity index is 1.43. The molecule has 0 saturated carbocycles. The molecule has 0 spiro atoms. The van der Waals surface area contributed by atoms with Crippen molar-refractivity contribution in [3.05, 3.63) is 114 Å². The topological polar surface area (TPSA) is 92.7 Å². The largest absolute Gasteiger partial charge is 0.497 e. The van der Waals surface area contributed by atoms with Gasteiger partial charge in [0.15, 0.2) is 5.13 Å². The van der Waals surface area contributed by atoms with Crippen molar-refractivity contribution >= 4 is 42.6 Å². The number of rotatable bonds is 9. The zero-order valence-electron chi connectivity index (χ0n) is 21.4. The zero-order chi connectivity index (χ0) is 27.4. The molecule has 8 nitrogen and oxygen atoms in total. The Kier molecular flexibility index (Phi) is 7.69. The van der Waals surface area contributed by atoms with Gasteiger partial charge in [0, 0.05) is 31.4 Å². The number of aromatic nitrogens is 2. The van der Waals surface area contributed by atoms with Crippen LogP contribution in [0.3, 0.4) is 0 Å². The fraction of sp³-hybridized carbons (Fsp3) is 0.138. The molecule has 0 unspecified atom stereocenters. The lowest BCUT2D eigenvalue weighted by Gasteiger charge is -2.20. The molecule has 198 valence electrons. The zero-order valence-corrected chi connectivity index (χ0v) is 23.0. The van der Waals surface area contributed by atoms with E-state index < -0.39 is 10.0 Å². The van der Waals surface area contributed by atoms with Crippen LogP contribution in [0.15, 0.2) is 102 Å². The first kappa shape index (κ1) is 26.5. The quantitative estimate of drug-likeness (QED) is 0.242. The maximum atomic E-state index is 13.8. The molecule has 0 N–H and O–H groups in total. The molecule has 0 bridgehead atoms. The van der Waals surface area contributed by atoms with E-state index in [0.717, 1.165) is 15.8 Å². The summed E-state index contributed by atoms with van der Waals surface area (Å²) in [4.78, 5) is 24.5. The van der Waals surface area contributed by atoms with Crippen molar-refractivity contribution in [3.63, 3.8) is 0 Å². The van der Waals surface area contributed by atoms with Crippen LogP contribution in [-0.4, -0.2) is 42.8 Å². The molecule has 0 saturated heterocycles. The van der Waals surface area contributed by atoms with Crippen molar-refractivity contribution in [2.45, 2.75) is 18.0 Å². The third-order valence-corrected chi connectivity index (χ3v) is 9.04. The lowest BCUT2D eigenvalue weighted by molar-refractivity contribution is 0.0984. The summed E-state index contributed by atoms with van der Waals surface area (Å²) >= 11 is 1.39. The normalized spacial score (nSPS) is 11.6. The first-order valence-electron chi connectivity index (χ1n) is 12.1. The Morgan fingerprint density at radius 1 is 0.923 bits per heavy atom. The van der Waals surface area contributed by atoms with Crippen LogP contribution in [0.5, 0.6) is 5.75 Å². The number of anilines is 1. The van der Waals surface area contributed by atoms with Crippen molar-refractivity contribution in [3.8, 4) is 5.75 Å². The minimum absolute atomic E-state index is 0.112. The van der Waals surface area contributed by atoms with Gasteiger partial charge in [0.25, 0.3) is 5.91 Å². The average Bonchev–Trinajstić information content (AvgIpc) is 3.39. The number of nitrogens with zero attached hydrogens (tertiary/aromatic N) is 4. The van der Waals surface area contributed by atoms with E-state index in [-0.39, 0.29) is 23.9 Å². The summed E-state index contributed by atoms with van der Waals surface area (Å²) in [5, 5.41) is 0.508. The third-order valence-electron chi connectivity index (χ3n) is 6.16. The van der Waals surface area contributed by atoms with Crippen LogP contribution in [-0.2, 0) is 23.1 Å². The number of carbonyl (C=O) groups is 1. The fourth-order valence-electron chi connectivity index (χ4n) is 4.05. The van der Waals surface area contributed by atoms with Crippen LogP contribution in [0.25, 0.3) is 10.2 Å². The second-order valence-corrected chi connectivity index (χ2v) is 11.9. The van der Waals surface area contributed by atoms with Gasteiger partial charge in [0.1, 0.15) is 5.75 Å². The number of pyridine rings is 1. The molecular weight excluding hydrogens is 532 g/mol. The van der Waals surface area contributed by atoms with E-state index in [9.17, 15) is 13.2 Å². The highest BCUT2D eigenvalue weighted by Gasteiger charge is 2.25. The molecule has 10 heteroatoms. The Hall–Kier alpha value is -4.12. The van der Waals surface area contributed by atoms with Crippen molar-refractivity contribution in [2.75, 3.05) is 19.1 Å². The Labute approximate surface area is 231 Å². The SMILES string of the molecule is COc1ccc2sc(N(Cc3ccccn3)C(=O)c3ccc(S(=O)(=O)N(C)Cc4ccccc4)cc3)nc2c1. The number of sulfonamides is 1. The molecule has 5 rings (SSSR count). The van der Waals surface area contributed by atoms with Crippen LogP contribution < -0.4 is 9.64 Å². The van der Waals surface area contributed by atoms with Gasteiger partial charge in [0.05, 0.1) is 34.5 Å². The van der Waals surface area contributed by atoms with Crippen molar-refractivity contribution in [1.82, 2.24) is 14.3 Å². The highest BCUT2D eigenvalue weighted by molar-refractivity contribution is 7.89. The lowest BCUT2D eigenvalue weighted by Crippen LogP contribution is -2.31. The van der Waals surface area contributed by atoms with E-state index in [2.05, 4.69) is 4.98 Å². The fourth-order valence-corrected chi connectivity index (χ4v) is 6.15. The van der Waals surface area contributed by atoms with Crippen LogP contribution in [0.2, 0.25) is 0 Å². The van der Waals surface area contributed by atoms with Crippen molar-refractivity contribution in [2.24, 2.45) is 0 Å². The second kappa shape index (κ2) is 11.3. The number of ether oxygens (including phenoxy) is 1. The van der Waals surface area contributed by atoms with Gasteiger partial charge < -0.3 is 4.74 Å². The Bertz CT molecular complexity index is 1690. The molecule has 2 aromatic heterocycles. The summed E-state index contributed by atoms with van der Waals surface area (Å²) in [5.41, 5.74) is 2.64.